The van der Waals surface area contributed by atoms with Crippen LogP contribution in [-0.4, -0.2) is 24.5 Å². The van der Waals surface area contributed by atoms with E-state index in [1.54, 1.807) is 18.3 Å². The third kappa shape index (κ3) is 8.13. The molecule has 1 aliphatic carbocycles. The summed E-state index contributed by atoms with van der Waals surface area (Å²) in [6.45, 7) is 17.8. The Morgan fingerprint density at radius 2 is 1.45 bits per heavy atom. The van der Waals surface area contributed by atoms with Gasteiger partial charge in [0.15, 0.2) is 0 Å². The number of rotatable bonds is 6. The summed E-state index contributed by atoms with van der Waals surface area (Å²) in [5, 5.41) is 0.976. The van der Waals surface area contributed by atoms with Crippen molar-refractivity contribution in [3.63, 3.8) is 0 Å². The second-order valence-corrected chi connectivity index (χ2v) is 19.5. The zero-order valence-corrected chi connectivity index (χ0v) is 41.8. The fourth-order valence-corrected chi connectivity index (χ4v) is 9.40. The maximum absolute atomic E-state index is 7.35. The summed E-state index contributed by atoms with van der Waals surface area (Å²) in [5.74, 6) is 1.93. The summed E-state index contributed by atoms with van der Waals surface area (Å²) in [4.78, 5) is 19.4. The van der Waals surface area contributed by atoms with Crippen LogP contribution in [0.15, 0.2) is 144 Å². The van der Waals surface area contributed by atoms with Crippen molar-refractivity contribution in [1.82, 2.24) is 24.5 Å². The molecule has 7 heteroatoms. The number of imidazole rings is 1. The third-order valence-electron chi connectivity index (χ3n) is 12.9. The first kappa shape index (κ1) is 41.9. The first-order chi connectivity index (χ1) is 32.9. The van der Waals surface area contributed by atoms with Crippen molar-refractivity contribution in [2.24, 2.45) is 0 Å². The summed E-state index contributed by atoms with van der Waals surface area (Å²) in [5.41, 5.74) is 17.9. The van der Waals surface area contributed by atoms with E-state index in [0.29, 0.717) is 11.4 Å². The van der Waals surface area contributed by atoms with Crippen molar-refractivity contribution in [1.29, 1.82) is 0 Å². The van der Waals surface area contributed by atoms with E-state index in [4.69, 9.17) is 18.5 Å². The van der Waals surface area contributed by atoms with Gasteiger partial charge in [-0.25, -0.2) is 4.98 Å². The van der Waals surface area contributed by atoms with Gasteiger partial charge < -0.3 is 8.98 Å². The van der Waals surface area contributed by atoms with Crippen LogP contribution in [0.25, 0.3) is 83.8 Å². The molecule has 0 fully saturated rings. The van der Waals surface area contributed by atoms with E-state index < -0.39 is 6.85 Å². The molecule has 0 spiro atoms. The number of furan rings is 1. The number of benzene rings is 6. The molecule has 6 nitrogen and oxygen atoms in total. The molecule has 4 aromatic heterocycles. The minimum absolute atomic E-state index is 0. The van der Waals surface area contributed by atoms with Gasteiger partial charge >= 0.3 is 0 Å². The standard InChI is InChI=1S/C45H38N3O.C15H17N2.Ir/c1-26(2)33-23-29(28-15-8-7-9-16-28)24-34(27(3)4)41(33)48-38-22-13-12-21-37(38)46-44(48)32-19-14-18-31-40-39(49-42(31)32)25-35-30-17-10-11-20-36(30)45(5,6)43(35)47-40;1-11-5-7-12(8-6-11)14-16-10-9-13(17-14)15(2,3)4;/h7-18,20-27H,1-6H3;5-7,9-10H,1-4H3;/q2*-1;/i;1D3;. The van der Waals surface area contributed by atoms with Gasteiger partial charge in [-0.2, -0.15) is 0 Å². The molecule has 0 atom stereocenters. The molecule has 0 saturated carbocycles. The second kappa shape index (κ2) is 17.6. The fourth-order valence-electron chi connectivity index (χ4n) is 9.40. The Bertz CT molecular complexity index is 3540. The molecule has 1 radical (unpaired) electrons. The number of hydrogen-bond acceptors (Lipinski definition) is 5. The summed E-state index contributed by atoms with van der Waals surface area (Å²) in [6.07, 6.45) is 1.72. The number of hydrogen-bond donors (Lipinski definition) is 0. The molecular weight excluding hydrogens is 999 g/mol. The summed E-state index contributed by atoms with van der Waals surface area (Å²) >= 11 is 0. The second-order valence-electron chi connectivity index (χ2n) is 19.5. The van der Waals surface area contributed by atoms with Crippen LogP contribution < -0.4 is 0 Å². The van der Waals surface area contributed by atoms with Crippen LogP contribution >= 0.6 is 0 Å². The Morgan fingerprint density at radius 1 is 0.731 bits per heavy atom. The Labute approximate surface area is 412 Å². The van der Waals surface area contributed by atoms with Crippen LogP contribution in [-0.2, 0) is 30.9 Å². The number of para-hydroxylation sites is 2. The van der Waals surface area contributed by atoms with Crippen LogP contribution in [0.1, 0.15) is 112 Å². The Kier molecular flexibility index (Phi) is 11.0. The predicted molar refractivity (Wildman–Crippen MR) is 271 cm³/mol. The molecular formula is C60H55IrN5O-2. The quantitative estimate of drug-likeness (QED) is 0.155. The summed E-state index contributed by atoms with van der Waals surface area (Å²) < 4.78 is 31.2. The average molecular weight is 1060 g/mol. The van der Waals surface area contributed by atoms with E-state index in [2.05, 4.69) is 192 Å². The Hall–Kier alpha value is -6.53. The smallest absolute Gasteiger partial charge is 0.140 e. The zero-order valence-electron chi connectivity index (χ0n) is 42.4. The summed E-state index contributed by atoms with van der Waals surface area (Å²) in [6, 6.07) is 52.0. The third-order valence-corrected chi connectivity index (χ3v) is 12.9. The molecule has 0 N–H and O–H groups in total. The van der Waals surface area contributed by atoms with E-state index in [9.17, 15) is 0 Å². The molecule has 0 saturated heterocycles. The van der Waals surface area contributed by atoms with Gasteiger partial charge in [0.05, 0.1) is 39.5 Å². The molecule has 11 rings (SSSR count). The van der Waals surface area contributed by atoms with Gasteiger partial charge in [0.2, 0.25) is 0 Å². The normalized spacial score (nSPS) is 13.7. The van der Waals surface area contributed by atoms with E-state index in [-0.39, 0.29) is 48.3 Å². The van der Waals surface area contributed by atoms with Crippen molar-refractivity contribution in [3.05, 3.63) is 185 Å². The molecule has 0 amide bonds. The maximum atomic E-state index is 7.35. The number of pyridine rings is 1. The van der Waals surface area contributed by atoms with Crippen LogP contribution in [0, 0.1) is 19.0 Å². The van der Waals surface area contributed by atoms with E-state index >= 15 is 0 Å². The number of fused-ring (bicyclic) bond motifs is 7. The molecule has 0 unspecified atom stereocenters. The van der Waals surface area contributed by atoms with Gasteiger partial charge in [0.1, 0.15) is 5.58 Å². The fraction of sp³-hybridized carbons (Fsp3) is 0.233. The first-order valence-corrected chi connectivity index (χ1v) is 22.9. The van der Waals surface area contributed by atoms with Crippen LogP contribution in [0.4, 0.5) is 0 Å². The molecule has 1 aliphatic rings. The molecule has 0 bridgehead atoms. The van der Waals surface area contributed by atoms with E-state index in [0.717, 1.165) is 61.4 Å². The van der Waals surface area contributed by atoms with Gasteiger partial charge in [-0.05, 0) is 87.0 Å². The number of nitrogens with zero attached hydrogens (tertiary/aromatic N) is 5. The number of aryl methyl sites for hydroxylation is 1. The minimum atomic E-state index is -2.11. The minimum Gasteiger partial charge on any atom is -0.499 e. The molecule has 0 aliphatic heterocycles. The van der Waals surface area contributed by atoms with Gasteiger partial charge in [0, 0.05) is 58.2 Å². The van der Waals surface area contributed by atoms with Crippen LogP contribution in [0.3, 0.4) is 0 Å². The topological polar surface area (TPSA) is 69.6 Å². The molecule has 6 aromatic carbocycles. The van der Waals surface area contributed by atoms with Gasteiger partial charge in [-0.1, -0.05) is 141 Å². The largest absolute Gasteiger partial charge is 0.499 e. The van der Waals surface area contributed by atoms with Crippen molar-refractivity contribution in [2.75, 3.05) is 0 Å². The average Bonchev–Trinajstić information content (AvgIpc) is 3.98. The summed E-state index contributed by atoms with van der Waals surface area (Å²) in [7, 11) is 0. The van der Waals surface area contributed by atoms with Gasteiger partial charge in [-0.3, -0.25) is 15.0 Å². The molecule has 67 heavy (non-hydrogen) atoms. The van der Waals surface area contributed by atoms with Gasteiger partial charge in [0.25, 0.3) is 0 Å². The molecule has 10 aromatic rings. The van der Waals surface area contributed by atoms with E-state index in [1.807, 2.05) is 12.1 Å². The maximum Gasteiger partial charge on any atom is 0.140 e. The first-order valence-electron chi connectivity index (χ1n) is 24.4. The van der Waals surface area contributed by atoms with Crippen molar-refractivity contribution in [3.8, 4) is 50.7 Å². The predicted octanol–water partition coefficient (Wildman–Crippen LogP) is 15.6. The van der Waals surface area contributed by atoms with Crippen molar-refractivity contribution in [2.45, 2.75) is 91.8 Å². The van der Waals surface area contributed by atoms with Crippen LogP contribution in [0.5, 0.6) is 0 Å². The SMILES string of the molecule is CC(C)c1cc(-c2ccccc2)cc(C(C)C)c1-n1c(-c2[c-]ccc3c2oc2cc4c(nc23)C(C)(C)c2ccccc2-4)nc2ccccc21.[2H]C([2H])([2H])c1c[c-]c(-c2nccc(C(C)(C)C)n2)cc1.[Ir]. The molecule has 337 valence electrons. The van der Waals surface area contributed by atoms with Crippen molar-refractivity contribution >= 4 is 33.1 Å². The number of aromatic nitrogens is 5. The van der Waals surface area contributed by atoms with Crippen molar-refractivity contribution < 1.29 is 28.6 Å². The zero-order chi connectivity index (χ0) is 48.6. The Morgan fingerprint density at radius 3 is 2.15 bits per heavy atom. The van der Waals surface area contributed by atoms with Crippen LogP contribution in [0.2, 0.25) is 0 Å². The van der Waals surface area contributed by atoms with Gasteiger partial charge in [-0.15, -0.1) is 53.6 Å². The van der Waals surface area contributed by atoms with E-state index in [1.165, 1.54) is 45.1 Å². The molecule has 4 heterocycles. The Balaban J connectivity index is 0.000000244. The monoisotopic (exact) mass is 1060 g/mol.